The fourth-order valence-corrected chi connectivity index (χ4v) is 1.49. The highest BCUT2D eigenvalue weighted by Crippen LogP contribution is 2.18. The van der Waals surface area contributed by atoms with Crippen molar-refractivity contribution in [1.29, 1.82) is 0 Å². The third kappa shape index (κ3) is 2.45. The SMILES string of the molecule is CNCCn1c(Cl)cnc1C(C)C. The molecule has 0 saturated heterocycles. The summed E-state index contributed by atoms with van der Waals surface area (Å²) in [4.78, 5) is 4.27. The molecular weight excluding hydrogens is 186 g/mol. The van der Waals surface area contributed by atoms with E-state index in [1.54, 1.807) is 6.20 Å². The molecule has 0 aliphatic rings. The molecule has 1 rings (SSSR count). The van der Waals surface area contributed by atoms with Crippen LogP contribution in [0.2, 0.25) is 5.15 Å². The van der Waals surface area contributed by atoms with Gasteiger partial charge in [0.2, 0.25) is 0 Å². The number of hydrogen-bond donors (Lipinski definition) is 1. The molecule has 1 N–H and O–H groups in total. The minimum absolute atomic E-state index is 0.421. The fraction of sp³-hybridized carbons (Fsp3) is 0.667. The van der Waals surface area contributed by atoms with Gasteiger partial charge in [-0.3, -0.25) is 0 Å². The maximum absolute atomic E-state index is 6.00. The van der Waals surface area contributed by atoms with E-state index in [0.717, 1.165) is 24.1 Å². The van der Waals surface area contributed by atoms with Gasteiger partial charge >= 0.3 is 0 Å². The van der Waals surface area contributed by atoms with E-state index in [1.165, 1.54) is 0 Å². The van der Waals surface area contributed by atoms with E-state index in [-0.39, 0.29) is 0 Å². The standard InChI is InChI=1S/C9H16ClN3/c1-7(2)9-12-6-8(10)13(9)5-4-11-3/h6-7,11H,4-5H2,1-3H3. The van der Waals surface area contributed by atoms with Gasteiger partial charge in [-0.2, -0.15) is 0 Å². The average Bonchev–Trinajstić information content (AvgIpc) is 2.43. The second kappa shape index (κ2) is 4.63. The monoisotopic (exact) mass is 201 g/mol. The number of rotatable bonds is 4. The van der Waals surface area contributed by atoms with Crippen LogP contribution in [0, 0.1) is 0 Å². The summed E-state index contributed by atoms with van der Waals surface area (Å²) in [6.07, 6.45) is 1.71. The molecule has 0 fully saturated rings. The normalized spacial score (nSPS) is 11.2. The van der Waals surface area contributed by atoms with Gasteiger partial charge in [0.15, 0.2) is 0 Å². The Hall–Kier alpha value is -0.540. The molecule has 1 aromatic rings. The number of likely N-dealkylation sites (N-methyl/N-ethyl adjacent to an activating group) is 1. The molecule has 1 aromatic heterocycles. The lowest BCUT2D eigenvalue weighted by atomic mass is 10.2. The van der Waals surface area contributed by atoms with Crippen molar-refractivity contribution in [2.24, 2.45) is 0 Å². The Balaban J connectivity index is 2.82. The Morgan fingerprint density at radius 2 is 2.31 bits per heavy atom. The molecule has 13 heavy (non-hydrogen) atoms. The third-order valence-electron chi connectivity index (χ3n) is 1.94. The summed E-state index contributed by atoms with van der Waals surface area (Å²) in [5.41, 5.74) is 0. The van der Waals surface area contributed by atoms with Gasteiger partial charge in [0, 0.05) is 19.0 Å². The van der Waals surface area contributed by atoms with Crippen LogP contribution in [-0.4, -0.2) is 23.1 Å². The first-order chi connectivity index (χ1) is 6.16. The number of imidazole rings is 1. The van der Waals surface area contributed by atoms with Crippen LogP contribution in [0.4, 0.5) is 0 Å². The number of nitrogens with zero attached hydrogens (tertiary/aromatic N) is 2. The van der Waals surface area contributed by atoms with Crippen molar-refractivity contribution in [2.45, 2.75) is 26.3 Å². The van der Waals surface area contributed by atoms with Gasteiger partial charge in [0.1, 0.15) is 11.0 Å². The molecule has 0 aliphatic heterocycles. The van der Waals surface area contributed by atoms with E-state index in [9.17, 15) is 0 Å². The Bertz CT molecular complexity index is 268. The number of aromatic nitrogens is 2. The second-order valence-electron chi connectivity index (χ2n) is 3.35. The fourth-order valence-electron chi connectivity index (χ4n) is 1.27. The van der Waals surface area contributed by atoms with Crippen molar-refractivity contribution in [3.8, 4) is 0 Å². The minimum Gasteiger partial charge on any atom is -0.318 e. The summed E-state index contributed by atoms with van der Waals surface area (Å²) >= 11 is 6.00. The average molecular weight is 202 g/mol. The van der Waals surface area contributed by atoms with Crippen LogP contribution in [-0.2, 0) is 6.54 Å². The lowest BCUT2D eigenvalue weighted by Gasteiger charge is -2.10. The van der Waals surface area contributed by atoms with Crippen LogP contribution < -0.4 is 5.32 Å². The minimum atomic E-state index is 0.421. The first-order valence-corrected chi connectivity index (χ1v) is 4.90. The molecule has 0 aromatic carbocycles. The summed E-state index contributed by atoms with van der Waals surface area (Å²) in [6.45, 7) is 6.03. The van der Waals surface area contributed by atoms with Crippen molar-refractivity contribution in [3.63, 3.8) is 0 Å². The zero-order valence-corrected chi connectivity index (χ0v) is 9.10. The Morgan fingerprint density at radius 1 is 1.62 bits per heavy atom. The quantitative estimate of drug-likeness (QED) is 0.806. The number of halogens is 1. The summed E-state index contributed by atoms with van der Waals surface area (Å²) in [7, 11) is 1.93. The van der Waals surface area contributed by atoms with E-state index in [2.05, 4.69) is 24.1 Å². The van der Waals surface area contributed by atoms with Crippen molar-refractivity contribution >= 4 is 11.6 Å². The predicted molar refractivity (Wildman–Crippen MR) is 55.3 cm³/mol. The highest BCUT2D eigenvalue weighted by Gasteiger charge is 2.10. The molecule has 0 radical (unpaired) electrons. The lowest BCUT2D eigenvalue weighted by Crippen LogP contribution is -2.17. The second-order valence-corrected chi connectivity index (χ2v) is 3.74. The van der Waals surface area contributed by atoms with Gasteiger partial charge in [-0.05, 0) is 7.05 Å². The molecule has 0 aliphatic carbocycles. The van der Waals surface area contributed by atoms with Crippen LogP contribution >= 0.6 is 11.6 Å². The van der Waals surface area contributed by atoms with Crippen molar-refractivity contribution in [3.05, 3.63) is 17.2 Å². The molecule has 0 spiro atoms. The maximum Gasteiger partial charge on any atom is 0.128 e. The molecule has 0 unspecified atom stereocenters. The molecule has 0 amide bonds. The molecule has 0 bridgehead atoms. The Morgan fingerprint density at radius 3 is 2.85 bits per heavy atom. The molecule has 0 atom stereocenters. The van der Waals surface area contributed by atoms with Crippen molar-refractivity contribution in [1.82, 2.24) is 14.9 Å². The van der Waals surface area contributed by atoms with Gasteiger partial charge in [-0.15, -0.1) is 0 Å². The highest BCUT2D eigenvalue weighted by molar-refractivity contribution is 6.29. The highest BCUT2D eigenvalue weighted by atomic mass is 35.5. The predicted octanol–water partition coefficient (Wildman–Crippen LogP) is 1.88. The largest absolute Gasteiger partial charge is 0.318 e. The molecular formula is C9H16ClN3. The van der Waals surface area contributed by atoms with Gasteiger partial charge in [0.25, 0.3) is 0 Å². The van der Waals surface area contributed by atoms with Gasteiger partial charge in [0.05, 0.1) is 6.20 Å². The third-order valence-corrected chi connectivity index (χ3v) is 2.24. The first-order valence-electron chi connectivity index (χ1n) is 4.52. The molecule has 1 heterocycles. The van der Waals surface area contributed by atoms with E-state index < -0.39 is 0 Å². The van der Waals surface area contributed by atoms with Crippen molar-refractivity contribution in [2.75, 3.05) is 13.6 Å². The number of nitrogens with one attached hydrogen (secondary N) is 1. The van der Waals surface area contributed by atoms with E-state index >= 15 is 0 Å². The van der Waals surface area contributed by atoms with Gasteiger partial charge in [-0.25, -0.2) is 4.98 Å². The molecule has 3 nitrogen and oxygen atoms in total. The zero-order chi connectivity index (χ0) is 9.84. The van der Waals surface area contributed by atoms with Gasteiger partial charge in [-0.1, -0.05) is 25.4 Å². The van der Waals surface area contributed by atoms with Crippen LogP contribution in [0.25, 0.3) is 0 Å². The summed E-state index contributed by atoms with van der Waals surface area (Å²) in [5.74, 6) is 1.48. The summed E-state index contributed by atoms with van der Waals surface area (Å²) < 4.78 is 2.04. The zero-order valence-electron chi connectivity index (χ0n) is 8.34. The summed E-state index contributed by atoms with van der Waals surface area (Å²) in [5, 5.41) is 3.81. The van der Waals surface area contributed by atoms with Crippen LogP contribution in [0.5, 0.6) is 0 Å². The summed E-state index contributed by atoms with van der Waals surface area (Å²) in [6, 6.07) is 0. The smallest absolute Gasteiger partial charge is 0.128 e. The maximum atomic E-state index is 6.00. The Labute approximate surface area is 84.1 Å². The lowest BCUT2D eigenvalue weighted by molar-refractivity contribution is 0.594. The Kier molecular flexibility index (Phi) is 3.75. The van der Waals surface area contributed by atoms with E-state index in [1.807, 2.05) is 11.6 Å². The van der Waals surface area contributed by atoms with E-state index in [4.69, 9.17) is 11.6 Å². The van der Waals surface area contributed by atoms with Crippen molar-refractivity contribution < 1.29 is 0 Å². The van der Waals surface area contributed by atoms with Crippen LogP contribution in [0.1, 0.15) is 25.6 Å². The van der Waals surface area contributed by atoms with Crippen LogP contribution in [0.3, 0.4) is 0 Å². The molecule has 4 heteroatoms. The van der Waals surface area contributed by atoms with Gasteiger partial charge < -0.3 is 9.88 Å². The van der Waals surface area contributed by atoms with Crippen LogP contribution in [0.15, 0.2) is 6.20 Å². The molecule has 0 saturated carbocycles. The topological polar surface area (TPSA) is 29.9 Å². The molecule has 74 valence electrons. The first kappa shape index (κ1) is 10.5. The van der Waals surface area contributed by atoms with E-state index in [0.29, 0.717) is 5.92 Å². The number of hydrogen-bond acceptors (Lipinski definition) is 2.